The Morgan fingerprint density at radius 3 is 1.92 bits per heavy atom. The van der Waals surface area contributed by atoms with E-state index in [-0.39, 0.29) is 0 Å². The maximum atomic E-state index is 3.28. The Morgan fingerprint density at radius 1 is 1.08 bits per heavy atom. The van der Waals surface area contributed by atoms with E-state index in [1.54, 1.807) is 0 Å². The summed E-state index contributed by atoms with van der Waals surface area (Å²) in [5.41, 5.74) is 5.56. The molecule has 0 aliphatic carbocycles. The zero-order valence-corrected chi connectivity index (χ0v) is 9.23. The monoisotopic (exact) mass is 177 g/mol. The van der Waals surface area contributed by atoms with E-state index in [9.17, 15) is 0 Å². The van der Waals surface area contributed by atoms with Gasteiger partial charge in [-0.1, -0.05) is 17.7 Å². The first-order valence-electron chi connectivity index (χ1n) is 4.81. The van der Waals surface area contributed by atoms with Crippen molar-refractivity contribution in [3.8, 4) is 0 Å². The van der Waals surface area contributed by atoms with Crippen LogP contribution in [-0.2, 0) is 0 Å². The van der Waals surface area contributed by atoms with Crippen LogP contribution in [0.5, 0.6) is 0 Å². The number of nitrogens with one attached hydrogen (secondary N) is 1. The van der Waals surface area contributed by atoms with E-state index in [0.717, 1.165) is 0 Å². The summed E-state index contributed by atoms with van der Waals surface area (Å²) < 4.78 is 0. The first kappa shape index (κ1) is 10.3. The maximum Gasteiger partial charge on any atom is 0.0294 e. The fourth-order valence-electron chi connectivity index (χ4n) is 2.02. The minimum absolute atomic E-state index is 0.445. The van der Waals surface area contributed by atoms with E-state index < -0.39 is 0 Å². The van der Waals surface area contributed by atoms with Crippen molar-refractivity contribution < 1.29 is 0 Å². The largest absolute Gasteiger partial charge is 0.313 e. The molecule has 0 unspecified atom stereocenters. The molecule has 1 aromatic rings. The van der Waals surface area contributed by atoms with Crippen molar-refractivity contribution >= 4 is 0 Å². The summed E-state index contributed by atoms with van der Waals surface area (Å²) in [4.78, 5) is 0. The summed E-state index contributed by atoms with van der Waals surface area (Å²) in [6, 6.07) is 4.94. The van der Waals surface area contributed by atoms with Crippen LogP contribution in [0.25, 0.3) is 0 Å². The van der Waals surface area contributed by atoms with E-state index in [1.807, 2.05) is 7.05 Å². The van der Waals surface area contributed by atoms with E-state index in [0.29, 0.717) is 6.04 Å². The molecule has 0 saturated carbocycles. The van der Waals surface area contributed by atoms with Gasteiger partial charge in [-0.05, 0) is 51.4 Å². The molecular weight excluding hydrogens is 158 g/mol. The highest BCUT2D eigenvalue weighted by molar-refractivity contribution is 5.39. The molecule has 0 fully saturated rings. The molecule has 0 heterocycles. The molecule has 0 bridgehead atoms. The summed E-state index contributed by atoms with van der Waals surface area (Å²) >= 11 is 0. The second-order valence-electron chi connectivity index (χ2n) is 3.82. The lowest BCUT2D eigenvalue weighted by molar-refractivity contribution is 0.644. The average molecular weight is 177 g/mol. The summed E-state index contributed by atoms with van der Waals surface area (Å²) in [5, 5.41) is 3.28. The fraction of sp³-hybridized carbons (Fsp3) is 0.500. The molecule has 0 spiro atoms. The quantitative estimate of drug-likeness (QED) is 0.732. The lowest BCUT2D eigenvalue weighted by Gasteiger charge is -2.17. The van der Waals surface area contributed by atoms with Crippen molar-refractivity contribution in [3.63, 3.8) is 0 Å². The van der Waals surface area contributed by atoms with Crippen molar-refractivity contribution in [2.45, 2.75) is 33.7 Å². The van der Waals surface area contributed by atoms with E-state index >= 15 is 0 Å². The van der Waals surface area contributed by atoms with Crippen molar-refractivity contribution in [3.05, 3.63) is 34.4 Å². The first-order chi connectivity index (χ1) is 6.06. The van der Waals surface area contributed by atoms with Crippen molar-refractivity contribution in [2.24, 2.45) is 0 Å². The molecule has 0 aromatic heterocycles. The standard InChI is InChI=1S/C12H19N/c1-8-6-9(2)12(10(3)7-8)11(4)13-5/h6-7,11,13H,1-5H3/t11-/m1/s1. The molecular formula is C12H19N. The fourth-order valence-corrected chi connectivity index (χ4v) is 2.02. The summed E-state index contributed by atoms with van der Waals surface area (Å²) in [6.07, 6.45) is 0. The Morgan fingerprint density at radius 2 is 1.54 bits per heavy atom. The van der Waals surface area contributed by atoms with Gasteiger partial charge in [0.1, 0.15) is 0 Å². The van der Waals surface area contributed by atoms with Crippen LogP contribution in [0.2, 0.25) is 0 Å². The molecule has 0 saturated heterocycles. The molecule has 0 radical (unpaired) electrons. The first-order valence-corrected chi connectivity index (χ1v) is 4.81. The second kappa shape index (κ2) is 3.93. The van der Waals surface area contributed by atoms with Crippen LogP contribution in [0.3, 0.4) is 0 Å². The predicted octanol–water partition coefficient (Wildman–Crippen LogP) is 2.89. The highest BCUT2D eigenvalue weighted by Gasteiger charge is 2.09. The van der Waals surface area contributed by atoms with Crippen LogP contribution in [0, 0.1) is 20.8 Å². The van der Waals surface area contributed by atoms with E-state index in [4.69, 9.17) is 0 Å². The highest BCUT2D eigenvalue weighted by atomic mass is 14.9. The van der Waals surface area contributed by atoms with Crippen molar-refractivity contribution in [1.82, 2.24) is 5.32 Å². The Bertz CT molecular complexity index is 279. The third-order valence-electron chi connectivity index (χ3n) is 2.60. The zero-order chi connectivity index (χ0) is 10.0. The molecule has 0 aliphatic heterocycles. The van der Waals surface area contributed by atoms with Gasteiger partial charge in [0.2, 0.25) is 0 Å². The van der Waals surface area contributed by atoms with Crippen molar-refractivity contribution in [2.75, 3.05) is 7.05 Å². The topological polar surface area (TPSA) is 12.0 Å². The average Bonchev–Trinajstić information content (AvgIpc) is 2.02. The zero-order valence-electron chi connectivity index (χ0n) is 9.23. The smallest absolute Gasteiger partial charge is 0.0294 e. The van der Waals surface area contributed by atoms with Gasteiger partial charge in [-0.2, -0.15) is 0 Å². The van der Waals surface area contributed by atoms with Crippen LogP contribution in [0.4, 0.5) is 0 Å². The molecule has 1 aromatic carbocycles. The normalized spacial score (nSPS) is 13.0. The van der Waals surface area contributed by atoms with Gasteiger partial charge in [-0.15, -0.1) is 0 Å². The van der Waals surface area contributed by atoms with Gasteiger partial charge in [-0.25, -0.2) is 0 Å². The number of rotatable bonds is 2. The van der Waals surface area contributed by atoms with E-state index in [2.05, 4.69) is 45.1 Å². The Hall–Kier alpha value is -0.820. The number of benzene rings is 1. The molecule has 0 aliphatic rings. The third kappa shape index (κ3) is 2.10. The Labute approximate surface area is 81.2 Å². The van der Waals surface area contributed by atoms with Crippen LogP contribution >= 0.6 is 0 Å². The second-order valence-corrected chi connectivity index (χ2v) is 3.82. The summed E-state index contributed by atoms with van der Waals surface area (Å²) in [6.45, 7) is 8.71. The number of hydrogen-bond donors (Lipinski definition) is 1. The molecule has 1 atom stereocenters. The lowest BCUT2D eigenvalue weighted by Crippen LogP contribution is -2.15. The highest BCUT2D eigenvalue weighted by Crippen LogP contribution is 2.22. The Kier molecular flexibility index (Phi) is 3.10. The number of aryl methyl sites for hydroxylation is 3. The minimum Gasteiger partial charge on any atom is -0.313 e. The van der Waals surface area contributed by atoms with Crippen molar-refractivity contribution in [1.29, 1.82) is 0 Å². The number of hydrogen-bond acceptors (Lipinski definition) is 1. The van der Waals surface area contributed by atoms with Crippen LogP contribution in [0.1, 0.15) is 35.2 Å². The van der Waals surface area contributed by atoms with Crippen LogP contribution in [-0.4, -0.2) is 7.05 Å². The molecule has 1 rings (SSSR count). The van der Waals surface area contributed by atoms with Gasteiger partial charge in [0, 0.05) is 6.04 Å². The molecule has 1 N–H and O–H groups in total. The predicted molar refractivity (Wildman–Crippen MR) is 58.1 cm³/mol. The van der Waals surface area contributed by atoms with Crippen LogP contribution < -0.4 is 5.32 Å². The SMILES string of the molecule is CN[C@H](C)c1c(C)cc(C)cc1C. The molecule has 1 heteroatoms. The third-order valence-corrected chi connectivity index (χ3v) is 2.60. The molecule has 72 valence electrons. The lowest BCUT2D eigenvalue weighted by atomic mass is 9.95. The van der Waals surface area contributed by atoms with E-state index in [1.165, 1.54) is 22.3 Å². The summed E-state index contributed by atoms with van der Waals surface area (Å²) in [5.74, 6) is 0. The minimum atomic E-state index is 0.445. The van der Waals surface area contributed by atoms with Gasteiger partial charge < -0.3 is 5.32 Å². The van der Waals surface area contributed by atoms with Gasteiger partial charge >= 0.3 is 0 Å². The van der Waals surface area contributed by atoms with Gasteiger partial charge in [0.15, 0.2) is 0 Å². The summed E-state index contributed by atoms with van der Waals surface area (Å²) in [7, 11) is 2.00. The van der Waals surface area contributed by atoms with Gasteiger partial charge in [-0.3, -0.25) is 0 Å². The Balaban J connectivity index is 3.20. The maximum absolute atomic E-state index is 3.28. The van der Waals surface area contributed by atoms with Crippen LogP contribution in [0.15, 0.2) is 12.1 Å². The van der Waals surface area contributed by atoms with Gasteiger partial charge in [0.25, 0.3) is 0 Å². The molecule has 13 heavy (non-hydrogen) atoms. The van der Waals surface area contributed by atoms with Gasteiger partial charge in [0.05, 0.1) is 0 Å². The molecule has 1 nitrogen and oxygen atoms in total. The molecule has 0 amide bonds.